The third-order valence-electron chi connectivity index (χ3n) is 3.17. The molecule has 0 radical (unpaired) electrons. The van der Waals surface area contributed by atoms with Crippen LogP contribution in [0.5, 0.6) is 0 Å². The number of allylic oxidation sites excluding steroid dienone is 2. The van der Waals surface area contributed by atoms with E-state index in [-0.39, 0.29) is 16.4 Å². The van der Waals surface area contributed by atoms with Crippen molar-refractivity contribution in [1.82, 2.24) is 0 Å². The van der Waals surface area contributed by atoms with Gasteiger partial charge in [0.1, 0.15) is 10.3 Å². The van der Waals surface area contributed by atoms with Crippen LogP contribution in [0, 0.1) is 0 Å². The highest BCUT2D eigenvalue weighted by molar-refractivity contribution is 7.90. The van der Waals surface area contributed by atoms with Crippen molar-refractivity contribution < 1.29 is 13.2 Å². The summed E-state index contributed by atoms with van der Waals surface area (Å²) < 4.78 is 28.2. The number of ketones is 1. The molecular formula is C14H13Cl2NO3S. The molecule has 0 spiro atoms. The monoisotopic (exact) mass is 345 g/mol. The van der Waals surface area contributed by atoms with Crippen LogP contribution in [0.4, 0.5) is 0 Å². The molecule has 0 bridgehead atoms. The molecule has 1 aromatic rings. The molecule has 1 aliphatic rings. The largest absolute Gasteiger partial charge is 0.292 e. The van der Waals surface area contributed by atoms with Crippen LogP contribution in [0.3, 0.4) is 0 Å². The highest BCUT2D eigenvalue weighted by atomic mass is 35.5. The Hall–Kier alpha value is -1.17. The van der Waals surface area contributed by atoms with E-state index in [4.69, 9.17) is 23.2 Å². The van der Waals surface area contributed by atoms with Gasteiger partial charge in [0.2, 0.25) is 0 Å². The standard InChI is InChI=1S/C14H13Cl2NO3S/c1-9-8-11(12(15)14(2,16)13(9)18)17-21(19,20)10-6-4-3-5-7-10/h3-8,12H,1-2H3. The Balaban J connectivity index is 2.53. The third kappa shape index (κ3) is 3.05. The number of hydrogen-bond donors (Lipinski definition) is 0. The SMILES string of the molecule is CC1=CC(=NS(=O)(=O)c2ccccc2)C(Cl)C(C)(Cl)C1=O. The number of benzene rings is 1. The van der Waals surface area contributed by atoms with Crippen LogP contribution in [-0.2, 0) is 14.8 Å². The summed E-state index contributed by atoms with van der Waals surface area (Å²) >= 11 is 12.3. The van der Waals surface area contributed by atoms with Crippen LogP contribution in [0.2, 0.25) is 0 Å². The summed E-state index contributed by atoms with van der Waals surface area (Å²) in [6.45, 7) is 3.01. The van der Waals surface area contributed by atoms with Crippen molar-refractivity contribution >= 4 is 44.7 Å². The van der Waals surface area contributed by atoms with Gasteiger partial charge in [-0.05, 0) is 37.6 Å². The van der Waals surface area contributed by atoms with Crippen molar-refractivity contribution in [3.05, 3.63) is 42.0 Å². The number of halogens is 2. The third-order valence-corrected chi connectivity index (χ3v) is 5.65. The lowest BCUT2D eigenvalue weighted by Gasteiger charge is -2.30. The number of rotatable bonds is 2. The van der Waals surface area contributed by atoms with E-state index in [2.05, 4.69) is 4.40 Å². The summed E-state index contributed by atoms with van der Waals surface area (Å²) in [5.74, 6) is -0.333. The maximum Gasteiger partial charge on any atom is 0.282 e. The van der Waals surface area contributed by atoms with Gasteiger partial charge in [-0.3, -0.25) is 4.79 Å². The second kappa shape index (κ2) is 5.55. The van der Waals surface area contributed by atoms with Crippen LogP contribution < -0.4 is 0 Å². The van der Waals surface area contributed by atoms with E-state index in [0.29, 0.717) is 5.57 Å². The second-order valence-corrected chi connectivity index (χ2v) is 7.72. The van der Waals surface area contributed by atoms with Crippen molar-refractivity contribution in [2.24, 2.45) is 4.40 Å². The minimum absolute atomic E-state index is 0.0561. The Morgan fingerprint density at radius 2 is 1.81 bits per heavy atom. The van der Waals surface area contributed by atoms with Crippen LogP contribution in [-0.4, -0.2) is 30.2 Å². The zero-order valence-corrected chi connectivity index (χ0v) is 13.7. The van der Waals surface area contributed by atoms with Gasteiger partial charge >= 0.3 is 0 Å². The molecule has 4 nitrogen and oxygen atoms in total. The first kappa shape index (κ1) is 16.2. The number of carbonyl (C=O) groups excluding carboxylic acids is 1. The topological polar surface area (TPSA) is 63.6 Å². The van der Waals surface area contributed by atoms with Crippen LogP contribution >= 0.6 is 23.2 Å². The minimum Gasteiger partial charge on any atom is -0.292 e. The van der Waals surface area contributed by atoms with Crippen molar-refractivity contribution in [2.45, 2.75) is 29.0 Å². The summed E-state index contributed by atoms with van der Waals surface area (Å²) in [7, 11) is -3.89. The van der Waals surface area contributed by atoms with Crippen molar-refractivity contribution in [2.75, 3.05) is 0 Å². The van der Waals surface area contributed by atoms with E-state index < -0.39 is 20.3 Å². The fourth-order valence-electron chi connectivity index (χ4n) is 2.00. The van der Waals surface area contributed by atoms with Gasteiger partial charge in [-0.15, -0.1) is 23.2 Å². The van der Waals surface area contributed by atoms with E-state index in [0.717, 1.165) is 0 Å². The first-order valence-corrected chi connectivity index (χ1v) is 8.37. The Kier molecular flexibility index (Phi) is 4.29. The minimum atomic E-state index is -3.89. The molecule has 21 heavy (non-hydrogen) atoms. The highest BCUT2D eigenvalue weighted by Crippen LogP contribution is 2.34. The molecule has 0 heterocycles. The van der Waals surface area contributed by atoms with Crippen LogP contribution in [0.15, 0.2) is 51.3 Å². The molecule has 0 saturated carbocycles. The van der Waals surface area contributed by atoms with Crippen molar-refractivity contribution in [1.29, 1.82) is 0 Å². The van der Waals surface area contributed by atoms with E-state index in [1.54, 1.807) is 25.1 Å². The second-order valence-electron chi connectivity index (χ2n) is 4.90. The molecule has 0 amide bonds. The van der Waals surface area contributed by atoms with Gasteiger partial charge in [0.15, 0.2) is 5.78 Å². The lowest BCUT2D eigenvalue weighted by atomic mass is 9.87. The first-order chi connectivity index (χ1) is 9.66. The van der Waals surface area contributed by atoms with Gasteiger partial charge in [0, 0.05) is 0 Å². The van der Waals surface area contributed by atoms with E-state index >= 15 is 0 Å². The quantitative estimate of drug-likeness (QED) is 0.774. The summed E-state index contributed by atoms with van der Waals surface area (Å²) in [4.78, 5) is 10.6. The lowest BCUT2D eigenvalue weighted by Crippen LogP contribution is -2.46. The first-order valence-electron chi connectivity index (χ1n) is 6.12. The summed E-state index contributed by atoms with van der Waals surface area (Å²) in [6.07, 6.45) is 1.37. The number of carbonyl (C=O) groups is 1. The predicted molar refractivity (Wildman–Crippen MR) is 83.7 cm³/mol. The maximum absolute atomic E-state index is 12.2. The van der Waals surface area contributed by atoms with Gasteiger partial charge in [0.05, 0.1) is 10.6 Å². The predicted octanol–water partition coefficient (Wildman–Crippen LogP) is 2.95. The van der Waals surface area contributed by atoms with Gasteiger partial charge in [-0.2, -0.15) is 12.8 Å². The molecule has 0 N–H and O–H groups in total. The Labute approximate surface area is 133 Å². The molecular weight excluding hydrogens is 333 g/mol. The fraction of sp³-hybridized carbons (Fsp3) is 0.286. The molecule has 0 fully saturated rings. The van der Waals surface area contributed by atoms with Crippen LogP contribution in [0.1, 0.15) is 13.8 Å². The zero-order chi connectivity index (χ0) is 15.8. The number of Topliss-reactive ketones (excluding diaryl/α,β-unsaturated/α-hetero) is 1. The normalized spacial score (nSPS) is 28.6. The molecule has 7 heteroatoms. The molecule has 1 aliphatic carbocycles. The van der Waals surface area contributed by atoms with Gasteiger partial charge < -0.3 is 0 Å². The molecule has 0 saturated heterocycles. The zero-order valence-electron chi connectivity index (χ0n) is 11.4. The van der Waals surface area contributed by atoms with E-state index in [9.17, 15) is 13.2 Å². The number of nitrogens with zero attached hydrogens (tertiary/aromatic N) is 1. The Morgan fingerprint density at radius 1 is 1.24 bits per heavy atom. The number of hydrogen-bond acceptors (Lipinski definition) is 3. The van der Waals surface area contributed by atoms with Gasteiger partial charge in [-0.25, -0.2) is 0 Å². The Morgan fingerprint density at radius 3 is 2.38 bits per heavy atom. The summed E-state index contributed by atoms with van der Waals surface area (Å²) in [5.41, 5.74) is 0.390. The summed E-state index contributed by atoms with van der Waals surface area (Å²) in [6, 6.07) is 7.78. The average molecular weight is 346 g/mol. The highest BCUT2D eigenvalue weighted by Gasteiger charge is 2.45. The van der Waals surface area contributed by atoms with E-state index in [1.807, 2.05) is 0 Å². The fourth-order valence-corrected chi connectivity index (χ4v) is 3.57. The van der Waals surface area contributed by atoms with Gasteiger partial charge in [-0.1, -0.05) is 18.2 Å². The van der Waals surface area contributed by atoms with E-state index in [1.165, 1.54) is 25.1 Å². The number of alkyl halides is 2. The van der Waals surface area contributed by atoms with Crippen molar-refractivity contribution in [3.63, 3.8) is 0 Å². The molecule has 2 unspecified atom stereocenters. The maximum atomic E-state index is 12.2. The molecule has 112 valence electrons. The smallest absolute Gasteiger partial charge is 0.282 e. The van der Waals surface area contributed by atoms with Crippen LogP contribution in [0.25, 0.3) is 0 Å². The molecule has 2 atom stereocenters. The Bertz CT molecular complexity index is 737. The average Bonchev–Trinajstić information content (AvgIpc) is 2.44. The molecule has 2 rings (SSSR count). The van der Waals surface area contributed by atoms with Crippen molar-refractivity contribution in [3.8, 4) is 0 Å². The summed E-state index contributed by atoms with van der Waals surface area (Å²) in [5, 5.41) is -1.02. The lowest BCUT2D eigenvalue weighted by molar-refractivity contribution is -0.117. The van der Waals surface area contributed by atoms with Gasteiger partial charge in [0.25, 0.3) is 10.0 Å². The molecule has 0 aromatic heterocycles. The molecule has 1 aromatic carbocycles. The number of sulfonamides is 1. The molecule has 0 aliphatic heterocycles.